The normalized spacial score (nSPS) is 31.5. The highest BCUT2D eigenvalue weighted by molar-refractivity contribution is 6.17. The Morgan fingerprint density at radius 2 is 1.86 bits per heavy atom. The standard InChI is InChI=1S/C28H41N7O2/c1-19-17-30-12-5-14-35(19)26-32-21(16-23(33-26)34-15-13-31-27(18-34)10-11-27)24(29)20-6-4-9-28(25(20)37)8-3-2-7-22(28)36/h16,19,30-31H,2-15,17-18,29H2,1H3/t19-,28+/m0/s1. The Bertz CT molecular complexity index is 1110. The van der Waals surface area contributed by atoms with Crippen LogP contribution in [-0.2, 0) is 9.59 Å². The first-order valence-electron chi connectivity index (χ1n) is 14.3. The molecule has 2 saturated heterocycles. The van der Waals surface area contributed by atoms with E-state index in [1.54, 1.807) is 0 Å². The third kappa shape index (κ3) is 4.54. The van der Waals surface area contributed by atoms with Crippen molar-refractivity contribution in [3.05, 3.63) is 17.3 Å². The molecule has 5 aliphatic rings. The molecule has 0 unspecified atom stereocenters. The minimum atomic E-state index is -0.864. The molecule has 0 bridgehead atoms. The average Bonchev–Trinajstić information content (AvgIpc) is 3.69. The lowest BCUT2D eigenvalue weighted by molar-refractivity contribution is -0.143. The molecule has 9 nitrogen and oxygen atoms in total. The SMILES string of the molecule is C[C@H]1CNCCCN1c1nc(C(N)=C2CCC[C@@]3(CCCCC3=O)C2=O)cc(N2CCNC3(CC3)C2)n1. The van der Waals surface area contributed by atoms with Crippen LogP contribution in [0.2, 0.25) is 0 Å². The first-order valence-corrected chi connectivity index (χ1v) is 14.3. The number of ketones is 2. The molecule has 0 radical (unpaired) electrons. The molecule has 6 rings (SSSR count). The van der Waals surface area contributed by atoms with Gasteiger partial charge in [-0.05, 0) is 64.8 Å². The molecule has 4 N–H and O–H groups in total. The van der Waals surface area contributed by atoms with Gasteiger partial charge in [-0.15, -0.1) is 0 Å². The van der Waals surface area contributed by atoms with Crippen LogP contribution in [-0.4, -0.2) is 72.4 Å². The van der Waals surface area contributed by atoms with Crippen molar-refractivity contribution in [3.8, 4) is 0 Å². The Morgan fingerprint density at radius 1 is 1.03 bits per heavy atom. The van der Waals surface area contributed by atoms with Crippen molar-refractivity contribution >= 4 is 29.0 Å². The van der Waals surface area contributed by atoms with Gasteiger partial charge >= 0.3 is 0 Å². The van der Waals surface area contributed by atoms with E-state index in [0.717, 1.165) is 70.8 Å². The van der Waals surface area contributed by atoms with Gasteiger partial charge in [0.15, 0.2) is 5.78 Å². The Morgan fingerprint density at radius 3 is 2.68 bits per heavy atom. The number of nitrogens with zero attached hydrogens (tertiary/aromatic N) is 4. The summed E-state index contributed by atoms with van der Waals surface area (Å²) in [5.74, 6) is 1.63. The van der Waals surface area contributed by atoms with E-state index in [1.165, 1.54) is 12.8 Å². The van der Waals surface area contributed by atoms with Gasteiger partial charge in [0.1, 0.15) is 11.6 Å². The number of allylic oxidation sites excluding steroid dienone is 1. The fourth-order valence-corrected chi connectivity index (χ4v) is 6.89. The van der Waals surface area contributed by atoms with Gasteiger partial charge in [-0.1, -0.05) is 6.42 Å². The highest BCUT2D eigenvalue weighted by Crippen LogP contribution is 2.46. The predicted octanol–water partition coefficient (Wildman–Crippen LogP) is 2.16. The smallest absolute Gasteiger partial charge is 0.228 e. The number of nitrogens with two attached hydrogens (primary N) is 1. The van der Waals surface area contributed by atoms with Crippen molar-refractivity contribution in [2.45, 2.75) is 82.7 Å². The fourth-order valence-electron chi connectivity index (χ4n) is 6.89. The number of piperazine rings is 1. The summed E-state index contributed by atoms with van der Waals surface area (Å²) in [6, 6.07) is 2.22. The average molecular weight is 508 g/mol. The summed E-state index contributed by atoms with van der Waals surface area (Å²) in [4.78, 5) is 41.5. The number of Topliss-reactive ketones (excluding diaryl/α,β-unsaturated/α-hetero) is 2. The van der Waals surface area contributed by atoms with E-state index >= 15 is 0 Å². The van der Waals surface area contributed by atoms with Crippen molar-refractivity contribution in [1.29, 1.82) is 0 Å². The summed E-state index contributed by atoms with van der Waals surface area (Å²) in [5.41, 5.74) is 7.82. The predicted molar refractivity (Wildman–Crippen MR) is 144 cm³/mol. The van der Waals surface area contributed by atoms with Gasteiger partial charge in [0.05, 0.1) is 16.8 Å². The number of rotatable bonds is 3. The van der Waals surface area contributed by atoms with E-state index in [1.807, 2.05) is 6.07 Å². The van der Waals surface area contributed by atoms with Gasteiger partial charge in [0, 0.05) is 62.4 Å². The van der Waals surface area contributed by atoms with E-state index < -0.39 is 5.41 Å². The lowest BCUT2D eigenvalue weighted by Crippen LogP contribution is -2.53. The molecular weight excluding hydrogens is 466 g/mol. The molecule has 1 aromatic rings. The molecule has 2 spiro atoms. The summed E-state index contributed by atoms with van der Waals surface area (Å²) in [7, 11) is 0. The van der Waals surface area contributed by atoms with E-state index in [9.17, 15) is 9.59 Å². The van der Waals surface area contributed by atoms with Crippen molar-refractivity contribution in [1.82, 2.24) is 20.6 Å². The van der Waals surface area contributed by atoms with Crippen molar-refractivity contribution in [2.75, 3.05) is 49.1 Å². The van der Waals surface area contributed by atoms with Crippen molar-refractivity contribution in [3.63, 3.8) is 0 Å². The molecule has 3 saturated carbocycles. The first-order chi connectivity index (χ1) is 17.9. The third-order valence-corrected chi connectivity index (χ3v) is 9.37. The number of hydrogen-bond acceptors (Lipinski definition) is 9. The van der Waals surface area contributed by atoms with Crippen LogP contribution < -0.4 is 26.2 Å². The Balaban J connectivity index is 1.41. The molecule has 0 aromatic carbocycles. The third-order valence-electron chi connectivity index (χ3n) is 9.37. The monoisotopic (exact) mass is 507 g/mol. The van der Waals surface area contributed by atoms with E-state index in [0.29, 0.717) is 48.6 Å². The second kappa shape index (κ2) is 9.66. The van der Waals surface area contributed by atoms with E-state index in [-0.39, 0.29) is 23.1 Å². The zero-order chi connectivity index (χ0) is 25.6. The highest BCUT2D eigenvalue weighted by atomic mass is 16.2. The van der Waals surface area contributed by atoms with Crippen LogP contribution >= 0.6 is 0 Å². The van der Waals surface area contributed by atoms with E-state index in [2.05, 4.69) is 27.4 Å². The zero-order valence-corrected chi connectivity index (χ0v) is 22.2. The molecular formula is C28H41N7O2. The first kappa shape index (κ1) is 24.8. The van der Waals surface area contributed by atoms with E-state index in [4.69, 9.17) is 15.7 Å². The number of carbonyl (C=O) groups excluding carboxylic acids is 2. The second-order valence-electron chi connectivity index (χ2n) is 11.9. The van der Waals surface area contributed by atoms with Gasteiger partial charge in [-0.2, -0.15) is 4.98 Å². The van der Waals surface area contributed by atoms with Gasteiger partial charge in [0.25, 0.3) is 0 Å². The van der Waals surface area contributed by atoms with Crippen LogP contribution in [0.1, 0.15) is 76.8 Å². The maximum Gasteiger partial charge on any atom is 0.228 e. The molecule has 3 heterocycles. The Labute approximate surface area is 219 Å². The summed E-state index contributed by atoms with van der Waals surface area (Å²) < 4.78 is 0. The highest BCUT2D eigenvalue weighted by Gasteiger charge is 2.49. The molecule has 0 amide bonds. The lowest BCUT2D eigenvalue weighted by Gasteiger charge is -2.38. The maximum absolute atomic E-state index is 13.9. The minimum absolute atomic E-state index is 0.0471. The summed E-state index contributed by atoms with van der Waals surface area (Å²) in [5, 5.41) is 7.18. The number of nitrogens with one attached hydrogen (secondary N) is 2. The molecule has 37 heavy (non-hydrogen) atoms. The molecule has 200 valence electrons. The van der Waals surface area contributed by atoms with Gasteiger partial charge in [0.2, 0.25) is 5.95 Å². The Kier molecular flexibility index (Phi) is 6.47. The second-order valence-corrected chi connectivity index (χ2v) is 11.9. The maximum atomic E-state index is 13.9. The Hall–Kier alpha value is -2.52. The lowest BCUT2D eigenvalue weighted by atomic mass is 9.62. The zero-order valence-electron chi connectivity index (χ0n) is 22.2. The van der Waals surface area contributed by atoms with Crippen LogP contribution in [0.25, 0.3) is 5.70 Å². The molecule has 3 aliphatic carbocycles. The van der Waals surface area contributed by atoms with Crippen LogP contribution in [0, 0.1) is 5.41 Å². The number of hydrogen-bond donors (Lipinski definition) is 3. The van der Waals surface area contributed by atoms with Crippen LogP contribution in [0.3, 0.4) is 0 Å². The van der Waals surface area contributed by atoms with Crippen molar-refractivity contribution in [2.24, 2.45) is 11.1 Å². The largest absolute Gasteiger partial charge is 0.397 e. The summed E-state index contributed by atoms with van der Waals surface area (Å²) in [6.45, 7) is 7.65. The number of anilines is 2. The minimum Gasteiger partial charge on any atom is -0.397 e. The number of carbonyl (C=O) groups is 2. The van der Waals surface area contributed by atoms with Gasteiger partial charge < -0.3 is 26.2 Å². The molecule has 5 fully saturated rings. The number of aromatic nitrogens is 2. The summed E-state index contributed by atoms with van der Waals surface area (Å²) >= 11 is 0. The van der Waals surface area contributed by atoms with Crippen LogP contribution in [0.4, 0.5) is 11.8 Å². The van der Waals surface area contributed by atoms with Gasteiger partial charge in [-0.25, -0.2) is 4.98 Å². The van der Waals surface area contributed by atoms with Crippen LogP contribution in [0.5, 0.6) is 0 Å². The molecule has 2 aliphatic heterocycles. The topological polar surface area (TPSA) is 116 Å². The molecule has 1 aromatic heterocycles. The van der Waals surface area contributed by atoms with Gasteiger partial charge in [-0.3, -0.25) is 9.59 Å². The molecule has 2 atom stereocenters. The summed E-state index contributed by atoms with van der Waals surface area (Å²) in [6.07, 6.45) is 8.46. The molecule has 9 heteroatoms. The fraction of sp³-hybridized carbons (Fsp3) is 0.714. The van der Waals surface area contributed by atoms with Crippen LogP contribution in [0.15, 0.2) is 11.6 Å². The quantitative estimate of drug-likeness (QED) is 0.418. The van der Waals surface area contributed by atoms with Crippen molar-refractivity contribution < 1.29 is 9.59 Å².